The molecule has 2 rings (SSSR count). The Morgan fingerprint density at radius 2 is 2.35 bits per heavy atom. The lowest BCUT2D eigenvalue weighted by molar-refractivity contribution is 0.435. The minimum Gasteiger partial charge on any atom is -0.301 e. The molecule has 5 heteroatoms. The second kappa shape index (κ2) is 5.14. The highest BCUT2D eigenvalue weighted by molar-refractivity contribution is 7.10. The van der Waals surface area contributed by atoms with Gasteiger partial charge in [0, 0.05) is 36.9 Å². The summed E-state index contributed by atoms with van der Waals surface area (Å²) in [4.78, 5) is 5.43. The van der Waals surface area contributed by atoms with E-state index >= 15 is 0 Å². The summed E-state index contributed by atoms with van der Waals surface area (Å²) in [6, 6.07) is 2.12. The van der Waals surface area contributed by atoms with Crippen LogP contribution in [0.25, 0.3) is 0 Å². The molecule has 90 valence electrons. The van der Waals surface area contributed by atoms with E-state index in [1.54, 1.807) is 23.9 Å². The van der Waals surface area contributed by atoms with Gasteiger partial charge in [-0.3, -0.25) is 4.57 Å². The Balaban J connectivity index is 2.48. The summed E-state index contributed by atoms with van der Waals surface area (Å²) in [6.45, 7) is 2.16. The average molecular weight is 248 g/mol. The van der Waals surface area contributed by atoms with Crippen LogP contribution in [0.1, 0.15) is 17.4 Å². The van der Waals surface area contributed by atoms with E-state index in [1.165, 1.54) is 10.4 Å². The average Bonchev–Trinajstić information content (AvgIpc) is 2.96. The van der Waals surface area contributed by atoms with Crippen LogP contribution in [0.3, 0.4) is 0 Å². The SMILES string of the molecule is CCc1sccc1C(=NN(C)C)n1ccnc1. The molecule has 0 atom stereocenters. The first-order valence-corrected chi connectivity index (χ1v) is 6.41. The number of hydrazone groups is 1. The summed E-state index contributed by atoms with van der Waals surface area (Å²) in [6.07, 6.45) is 6.48. The summed E-state index contributed by atoms with van der Waals surface area (Å²) in [7, 11) is 3.85. The molecule has 2 heterocycles. The normalized spacial score (nSPS) is 11.8. The minimum atomic E-state index is 0.922. The third kappa shape index (κ3) is 2.55. The van der Waals surface area contributed by atoms with Crippen LogP contribution in [0, 0.1) is 0 Å². The Morgan fingerprint density at radius 1 is 1.53 bits per heavy atom. The van der Waals surface area contributed by atoms with Crippen LogP contribution in [0.15, 0.2) is 35.3 Å². The fourth-order valence-electron chi connectivity index (χ4n) is 1.63. The number of hydrogen-bond donors (Lipinski definition) is 0. The first kappa shape index (κ1) is 11.9. The molecule has 0 aliphatic carbocycles. The van der Waals surface area contributed by atoms with E-state index in [0.717, 1.165) is 12.3 Å². The molecule has 4 nitrogen and oxygen atoms in total. The molecule has 2 aromatic rings. The van der Waals surface area contributed by atoms with Crippen molar-refractivity contribution in [2.24, 2.45) is 5.10 Å². The van der Waals surface area contributed by atoms with E-state index in [2.05, 4.69) is 28.5 Å². The second-order valence-corrected chi connectivity index (χ2v) is 4.85. The van der Waals surface area contributed by atoms with Crippen molar-refractivity contribution in [1.29, 1.82) is 0 Å². The third-order valence-corrected chi connectivity index (χ3v) is 3.42. The molecule has 0 radical (unpaired) electrons. The van der Waals surface area contributed by atoms with Gasteiger partial charge < -0.3 is 5.01 Å². The number of nitrogens with zero attached hydrogens (tertiary/aromatic N) is 4. The van der Waals surface area contributed by atoms with Gasteiger partial charge in [0.15, 0.2) is 5.84 Å². The summed E-state index contributed by atoms with van der Waals surface area (Å²) in [5.74, 6) is 0.922. The molecular formula is C12H16N4S. The van der Waals surface area contributed by atoms with Gasteiger partial charge in [0.2, 0.25) is 0 Å². The topological polar surface area (TPSA) is 33.4 Å². The van der Waals surface area contributed by atoms with Crippen molar-refractivity contribution in [3.8, 4) is 0 Å². The molecule has 0 spiro atoms. The number of imidazole rings is 1. The fraction of sp³-hybridized carbons (Fsp3) is 0.333. The highest BCUT2D eigenvalue weighted by Crippen LogP contribution is 2.19. The Morgan fingerprint density at radius 3 is 2.94 bits per heavy atom. The van der Waals surface area contributed by atoms with Gasteiger partial charge in [-0.2, -0.15) is 5.10 Å². The van der Waals surface area contributed by atoms with Gasteiger partial charge in [0.05, 0.1) is 0 Å². The maximum Gasteiger partial charge on any atom is 0.166 e. The lowest BCUT2D eigenvalue weighted by Crippen LogP contribution is -2.17. The number of aromatic nitrogens is 2. The summed E-state index contributed by atoms with van der Waals surface area (Å²) in [5, 5.41) is 8.47. The molecule has 0 unspecified atom stereocenters. The van der Waals surface area contributed by atoms with Crippen LogP contribution < -0.4 is 0 Å². The van der Waals surface area contributed by atoms with Crippen molar-refractivity contribution < 1.29 is 0 Å². The molecule has 0 aliphatic rings. The molecule has 0 saturated heterocycles. The number of aryl methyl sites for hydroxylation is 1. The molecule has 2 aromatic heterocycles. The smallest absolute Gasteiger partial charge is 0.166 e. The van der Waals surface area contributed by atoms with Crippen LogP contribution in [0.5, 0.6) is 0 Å². The minimum absolute atomic E-state index is 0.922. The monoisotopic (exact) mass is 248 g/mol. The van der Waals surface area contributed by atoms with Gasteiger partial charge in [-0.25, -0.2) is 4.98 Å². The van der Waals surface area contributed by atoms with Gasteiger partial charge in [-0.1, -0.05) is 6.92 Å². The molecule has 0 N–H and O–H groups in total. The van der Waals surface area contributed by atoms with E-state index in [9.17, 15) is 0 Å². The predicted molar refractivity (Wildman–Crippen MR) is 71.5 cm³/mol. The second-order valence-electron chi connectivity index (χ2n) is 3.85. The molecular weight excluding hydrogens is 232 g/mol. The van der Waals surface area contributed by atoms with E-state index < -0.39 is 0 Å². The Bertz CT molecular complexity index is 496. The van der Waals surface area contributed by atoms with Gasteiger partial charge in [-0.05, 0) is 17.9 Å². The van der Waals surface area contributed by atoms with Crippen LogP contribution >= 0.6 is 11.3 Å². The fourth-order valence-corrected chi connectivity index (χ4v) is 2.45. The molecule has 0 amide bonds. The lowest BCUT2D eigenvalue weighted by Gasteiger charge is -2.11. The largest absolute Gasteiger partial charge is 0.301 e. The first-order chi connectivity index (χ1) is 8.22. The van der Waals surface area contributed by atoms with Gasteiger partial charge in [0.1, 0.15) is 6.33 Å². The molecule has 0 fully saturated rings. The zero-order valence-corrected chi connectivity index (χ0v) is 11.1. The maximum atomic E-state index is 4.55. The summed E-state index contributed by atoms with van der Waals surface area (Å²) < 4.78 is 1.95. The predicted octanol–water partition coefficient (Wildman–Crippen LogP) is 2.28. The van der Waals surface area contributed by atoms with E-state index in [1.807, 2.05) is 29.9 Å². The first-order valence-electron chi connectivity index (χ1n) is 5.53. The van der Waals surface area contributed by atoms with Crippen molar-refractivity contribution in [1.82, 2.24) is 14.6 Å². The maximum absolute atomic E-state index is 4.55. The van der Waals surface area contributed by atoms with Gasteiger partial charge in [0.25, 0.3) is 0 Å². The highest BCUT2D eigenvalue weighted by atomic mass is 32.1. The Hall–Kier alpha value is -1.62. The van der Waals surface area contributed by atoms with Crippen LogP contribution in [-0.4, -0.2) is 34.5 Å². The van der Waals surface area contributed by atoms with E-state index in [-0.39, 0.29) is 0 Å². The van der Waals surface area contributed by atoms with E-state index in [4.69, 9.17) is 0 Å². The summed E-state index contributed by atoms with van der Waals surface area (Å²) in [5.41, 5.74) is 1.18. The van der Waals surface area contributed by atoms with Gasteiger partial charge >= 0.3 is 0 Å². The molecule has 0 saturated carbocycles. The standard InChI is InChI=1S/C12H16N4S/c1-4-11-10(5-8-17-11)12(14-15(2)3)16-7-6-13-9-16/h5-9H,4H2,1-3H3. The van der Waals surface area contributed by atoms with Crippen molar-refractivity contribution >= 4 is 17.2 Å². The number of hydrogen-bond acceptors (Lipinski definition) is 4. The highest BCUT2D eigenvalue weighted by Gasteiger charge is 2.12. The lowest BCUT2D eigenvalue weighted by atomic mass is 10.2. The van der Waals surface area contributed by atoms with Crippen molar-refractivity contribution in [3.63, 3.8) is 0 Å². The number of thiophene rings is 1. The van der Waals surface area contributed by atoms with Crippen molar-refractivity contribution in [3.05, 3.63) is 40.6 Å². The number of rotatable bonds is 3. The van der Waals surface area contributed by atoms with Crippen LogP contribution in [0.2, 0.25) is 0 Å². The third-order valence-electron chi connectivity index (χ3n) is 2.35. The van der Waals surface area contributed by atoms with Crippen molar-refractivity contribution in [2.45, 2.75) is 13.3 Å². The Kier molecular flexibility index (Phi) is 3.58. The van der Waals surface area contributed by atoms with Gasteiger partial charge in [-0.15, -0.1) is 11.3 Å². The molecule has 0 aromatic carbocycles. The summed E-state index contributed by atoms with van der Waals surface area (Å²) >= 11 is 1.77. The molecule has 0 aliphatic heterocycles. The zero-order valence-electron chi connectivity index (χ0n) is 10.3. The molecule has 17 heavy (non-hydrogen) atoms. The Labute approximate surface area is 105 Å². The van der Waals surface area contributed by atoms with Crippen LogP contribution in [-0.2, 0) is 6.42 Å². The zero-order chi connectivity index (χ0) is 12.3. The van der Waals surface area contributed by atoms with Crippen LogP contribution in [0.4, 0.5) is 0 Å². The molecule has 0 bridgehead atoms. The quantitative estimate of drug-likeness (QED) is 0.474. The van der Waals surface area contributed by atoms with Crippen molar-refractivity contribution in [2.75, 3.05) is 14.1 Å². The van der Waals surface area contributed by atoms with E-state index in [0.29, 0.717) is 0 Å².